The molecule has 0 aromatic heterocycles. The van der Waals surface area contributed by atoms with Crippen LogP contribution in [0.3, 0.4) is 0 Å². The molecule has 0 radical (unpaired) electrons. The molecular weight excluding hydrogens is 290 g/mol. The third-order valence-corrected chi connectivity index (χ3v) is 7.92. The molecule has 21 heavy (non-hydrogen) atoms. The van der Waals surface area contributed by atoms with Crippen LogP contribution in [0.1, 0.15) is 33.1 Å². The summed E-state index contributed by atoms with van der Waals surface area (Å²) in [5.41, 5.74) is -0.311. The van der Waals surface area contributed by atoms with E-state index >= 15 is 0 Å². The Morgan fingerprint density at radius 1 is 1.43 bits per heavy atom. The second kappa shape index (κ2) is 4.47. The number of methoxy groups -OCH3 is 1. The van der Waals surface area contributed by atoms with E-state index in [0.29, 0.717) is 5.92 Å². The number of nitrogens with zero attached hydrogens (tertiary/aromatic N) is 1. The molecule has 3 fully saturated rings. The number of hydrogen-bond acceptors (Lipinski definition) is 4. The predicted molar refractivity (Wildman–Crippen MR) is 77.6 cm³/mol. The van der Waals surface area contributed by atoms with Crippen molar-refractivity contribution in [3.05, 3.63) is 0 Å². The van der Waals surface area contributed by atoms with Gasteiger partial charge in [0.15, 0.2) is 0 Å². The Kier molecular flexibility index (Phi) is 3.16. The lowest BCUT2D eigenvalue weighted by Gasteiger charge is -2.36. The van der Waals surface area contributed by atoms with E-state index in [2.05, 4.69) is 25.7 Å². The Balaban J connectivity index is 1.97. The molecule has 0 N–H and O–H groups in total. The zero-order chi connectivity index (χ0) is 15.5. The first-order valence-corrected chi connectivity index (χ1v) is 8.91. The van der Waals surface area contributed by atoms with Gasteiger partial charge in [-0.15, -0.1) is 0 Å². The molecular formula is C15H21NO4S. The summed E-state index contributed by atoms with van der Waals surface area (Å²) in [6.07, 6.45) is 2.74. The number of fused-ring (bicyclic) bond motifs is 1. The molecule has 116 valence electrons. The van der Waals surface area contributed by atoms with Gasteiger partial charge in [0.05, 0.1) is 11.8 Å². The van der Waals surface area contributed by atoms with Crippen molar-refractivity contribution >= 4 is 15.9 Å². The first-order chi connectivity index (χ1) is 9.76. The van der Waals surface area contributed by atoms with Crippen molar-refractivity contribution in [2.24, 2.45) is 16.7 Å². The van der Waals surface area contributed by atoms with Crippen molar-refractivity contribution in [3.63, 3.8) is 0 Å². The number of sulfonamides is 1. The van der Waals surface area contributed by atoms with Crippen LogP contribution in [0.5, 0.6) is 0 Å². The second-order valence-electron chi connectivity index (χ2n) is 6.96. The van der Waals surface area contributed by atoms with Crippen molar-refractivity contribution in [3.8, 4) is 11.8 Å². The minimum Gasteiger partial charge on any atom is -0.372 e. The Morgan fingerprint density at radius 3 is 2.76 bits per heavy atom. The molecule has 2 saturated carbocycles. The van der Waals surface area contributed by atoms with E-state index in [9.17, 15) is 13.2 Å². The maximum absolute atomic E-state index is 12.5. The second-order valence-corrected chi connectivity index (χ2v) is 8.80. The molecule has 1 saturated heterocycles. The number of carbonyl (C=O) groups excluding carboxylic acids is 1. The van der Waals surface area contributed by atoms with Crippen molar-refractivity contribution in [1.82, 2.24) is 4.31 Å². The quantitative estimate of drug-likeness (QED) is 0.678. The van der Waals surface area contributed by atoms with Crippen LogP contribution in [0.15, 0.2) is 0 Å². The fourth-order valence-electron chi connectivity index (χ4n) is 4.80. The van der Waals surface area contributed by atoms with E-state index in [4.69, 9.17) is 4.74 Å². The van der Waals surface area contributed by atoms with Gasteiger partial charge < -0.3 is 4.74 Å². The molecule has 0 aromatic rings. The van der Waals surface area contributed by atoms with E-state index in [0.717, 1.165) is 23.6 Å². The van der Waals surface area contributed by atoms with Gasteiger partial charge in [0.25, 0.3) is 0 Å². The fourth-order valence-corrected chi connectivity index (χ4v) is 7.27. The number of carbonyl (C=O) groups is 1. The van der Waals surface area contributed by atoms with Gasteiger partial charge in [-0.1, -0.05) is 19.8 Å². The molecule has 1 heterocycles. The van der Waals surface area contributed by atoms with Crippen LogP contribution in [0.2, 0.25) is 0 Å². The monoisotopic (exact) mass is 311 g/mol. The molecule has 3 rings (SSSR count). The summed E-state index contributed by atoms with van der Waals surface area (Å²) in [4.78, 5) is 12.3. The molecule has 6 heteroatoms. The average molecular weight is 311 g/mol. The van der Waals surface area contributed by atoms with Crippen molar-refractivity contribution < 1.29 is 17.9 Å². The Bertz CT molecular complexity index is 642. The highest BCUT2D eigenvalue weighted by Gasteiger charge is 2.72. The maximum Gasteiger partial charge on any atom is 0.312 e. The average Bonchev–Trinajstić information content (AvgIpc) is 2.85. The van der Waals surface area contributed by atoms with E-state index < -0.39 is 15.9 Å². The van der Waals surface area contributed by atoms with E-state index in [-0.39, 0.29) is 29.2 Å². The van der Waals surface area contributed by atoms with Crippen LogP contribution in [-0.4, -0.2) is 44.1 Å². The standard InChI is InChI=1S/C15H21NO4S/c1-14(2)11-6-7-15(14)10-21(18,19)16(12(15)9-11)13(17)5-4-8-20-3/h11-12H,6-10H2,1-3H3/t11-,12-,15-/m0/s1. The maximum atomic E-state index is 12.5. The van der Waals surface area contributed by atoms with Crippen molar-refractivity contribution in [2.75, 3.05) is 19.5 Å². The van der Waals surface area contributed by atoms with Gasteiger partial charge in [-0.2, -0.15) is 0 Å². The van der Waals surface area contributed by atoms with Crippen molar-refractivity contribution in [2.45, 2.75) is 39.2 Å². The summed E-state index contributed by atoms with van der Waals surface area (Å²) in [6, 6.07) is -0.208. The van der Waals surface area contributed by atoms with Gasteiger partial charge in [-0.3, -0.25) is 4.79 Å². The zero-order valence-corrected chi connectivity index (χ0v) is 13.5. The van der Waals surface area contributed by atoms with Gasteiger partial charge in [0.1, 0.15) is 6.61 Å². The van der Waals surface area contributed by atoms with Gasteiger partial charge in [-0.25, -0.2) is 12.7 Å². The summed E-state index contributed by atoms with van der Waals surface area (Å²) in [7, 11) is -2.07. The van der Waals surface area contributed by atoms with Crippen molar-refractivity contribution in [1.29, 1.82) is 0 Å². The molecule has 0 unspecified atom stereocenters. The van der Waals surface area contributed by atoms with Gasteiger partial charge in [-0.05, 0) is 36.5 Å². The molecule has 3 atom stereocenters. The smallest absolute Gasteiger partial charge is 0.312 e. The molecule has 1 spiro atoms. The zero-order valence-electron chi connectivity index (χ0n) is 12.7. The highest BCUT2D eigenvalue weighted by molar-refractivity contribution is 7.90. The minimum atomic E-state index is -3.56. The third-order valence-electron chi connectivity index (χ3n) is 6.02. The Labute approximate surface area is 126 Å². The Morgan fingerprint density at radius 2 is 2.14 bits per heavy atom. The number of rotatable bonds is 1. The first kappa shape index (κ1) is 14.9. The van der Waals surface area contributed by atoms with E-state index in [1.807, 2.05) is 0 Å². The fraction of sp³-hybridized carbons (Fsp3) is 0.800. The highest BCUT2D eigenvalue weighted by Crippen LogP contribution is 2.69. The van der Waals surface area contributed by atoms with Gasteiger partial charge >= 0.3 is 5.91 Å². The number of hydrogen-bond donors (Lipinski definition) is 0. The van der Waals surface area contributed by atoms with Crippen LogP contribution in [0.25, 0.3) is 0 Å². The summed E-state index contributed by atoms with van der Waals surface area (Å²) in [6.45, 7) is 4.44. The van der Waals surface area contributed by atoms with Crippen LogP contribution in [-0.2, 0) is 19.6 Å². The molecule has 1 amide bonds. The topological polar surface area (TPSA) is 63.7 Å². The molecule has 2 bridgehead atoms. The van der Waals surface area contributed by atoms with Crippen LogP contribution < -0.4 is 0 Å². The molecule has 3 aliphatic rings. The first-order valence-electron chi connectivity index (χ1n) is 7.30. The van der Waals surface area contributed by atoms with E-state index in [1.165, 1.54) is 7.11 Å². The molecule has 5 nitrogen and oxygen atoms in total. The van der Waals surface area contributed by atoms with Crippen LogP contribution in [0, 0.1) is 28.6 Å². The third kappa shape index (κ3) is 1.80. The van der Waals surface area contributed by atoms with Gasteiger partial charge in [0.2, 0.25) is 10.0 Å². The van der Waals surface area contributed by atoms with Crippen LogP contribution >= 0.6 is 0 Å². The SMILES string of the molecule is COCC#CC(=O)N1[C@H]2C[C@@H]3CC[C@@]2(CS1(=O)=O)C3(C)C. The lowest BCUT2D eigenvalue weighted by molar-refractivity contribution is -0.123. The number of amides is 1. The summed E-state index contributed by atoms with van der Waals surface area (Å²) < 4.78 is 30.9. The molecule has 0 aromatic carbocycles. The lowest BCUT2D eigenvalue weighted by Crippen LogP contribution is -2.43. The Hall–Kier alpha value is -1.06. The molecule has 2 aliphatic carbocycles. The molecule has 1 aliphatic heterocycles. The highest BCUT2D eigenvalue weighted by atomic mass is 32.2. The normalized spacial score (nSPS) is 38.0. The number of ether oxygens (including phenoxy) is 1. The van der Waals surface area contributed by atoms with Crippen LogP contribution in [0.4, 0.5) is 0 Å². The summed E-state index contributed by atoms with van der Waals surface area (Å²) in [5, 5.41) is 0. The minimum absolute atomic E-state index is 0.0281. The lowest BCUT2D eigenvalue weighted by atomic mass is 9.69. The summed E-state index contributed by atoms with van der Waals surface area (Å²) in [5.74, 6) is 4.96. The largest absolute Gasteiger partial charge is 0.372 e. The van der Waals surface area contributed by atoms with E-state index in [1.54, 1.807) is 0 Å². The van der Waals surface area contributed by atoms with Gasteiger partial charge in [0, 0.05) is 12.5 Å². The predicted octanol–water partition coefficient (Wildman–Crippen LogP) is 1.00. The summed E-state index contributed by atoms with van der Waals surface area (Å²) >= 11 is 0.